The minimum absolute atomic E-state index is 0.501. The van der Waals surface area contributed by atoms with Crippen LogP contribution in [0.5, 0.6) is 0 Å². The fourth-order valence-electron chi connectivity index (χ4n) is 3.19. The SMILES string of the molecule is CCNC(=NCC(C(C)C)N1CCOCC1)NCCCC1CC1. The van der Waals surface area contributed by atoms with Crippen LogP contribution >= 0.6 is 0 Å². The number of ether oxygens (including phenoxy) is 1. The van der Waals surface area contributed by atoms with Gasteiger partial charge in [-0.25, -0.2) is 0 Å². The lowest BCUT2D eigenvalue weighted by Gasteiger charge is -2.36. The number of nitrogens with zero attached hydrogens (tertiary/aromatic N) is 2. The average Bonchev–Trinajstić information content (AvgIpc) is 3.36. The van der Waals surface area contributed by atoms with Gasteiger partial charge in [-0.1, -0.05) is 26.7 Å². The Morgan fingerprint density at radius 2 is 1.96 bits per heavy atom. The fraction of sp³-hybridized carbons (Fsp3) is 0.944. The van der Waals surface area contributed by atoms with Crippen LogP contribution in [0, 0.1) is 11.8 Å². The van der Waals surface area contributed by atoms with E-state index in [1.807, 2.05) is 0 Å². The molecule has 2 rings (SSSR count). The quantitative estimate of drug-likeness (QED) is 0.387. The Bertz CT molecular complexity index is 349. The van der Waals surface area contributed by atoms with E-state index < -0.39 is 0 Å². The lowest BCUT2D eigenvalue weighted by molar-refractivity contribution is 0.00867. The largest absolute Gasteiger partial charge is 0.379 e. The van der Waals surface area contributed by atoms with Crippen molar-refractivity contribution in [2.45, 2.75) is 52.5 Å². The topological polar surface area (TPSA) is 48.9 Å². The average molecular weight is 325 g/mol. The first-order chi connectivity index (χ1) is 11.2. The number of hydrogen-bond acceptors (Lipinski definition) is 3. The molecule has 1 heterocycles. The summed E-state index contributed by atoms with van der Waals surface area (Å²) in [6, 6.07) is 0.501. The van der Waals surface area contributed by atoms with Crippen LogP contribution in [0.1, 0.15) is 46.5 Å². The molecule has 1 aliphatic heterocycles. The third kappa shape index (κ3) is 7.08. The van der Waals surface area contributed by atoms with Gasteiger partial charge in [-0.05, 0) is 31.6 Å². The minimum Gasteiger partial charge on any atom is -0.379 e. The van der Waals surface area contributed by atoms with E-state index in [4.69, 9.17) is 9.73 Å². The van der Waals surface area contributed by atoms with Gasteiger partial charge in [0.25, 0.3) is 0 Å². The van der Waals surface area contributed by atoms with Crippen molar-refractivity contribution in [3.05, 3.63) is 0 Å². The number of hydrogen-bond donors (Lipinski definition) is 2. The Morgan fingerprint density at radius 1 is 1.22 bits per heavy atom. The van der Waals surface area contributed by atoms with Gasteiger partial charge in [0, 0.05) is 32.2 Å². The van der Waals surface area contributed by atoms with Crippen molar-refractivity contribution >= 4 is 5.96 Å². The van der Waals surface area contributed by atoms with Gasteiger partial charge in [-0.15, -0.1) is 0 Å². The molecule has 2 aliphatic rings. The first kappa shape index (κ1) is 18.5. The Labute approximate surface area is 142 Å². The maximum atomic E-state index is 5.48. The summed E-state index contributed by atoms with van der Waals surface area (Å²) >= 11 is 0. The third-order valence-electron chi connectivity index (χ3n) is 4.84. The summed E-state index contributed by atoms with van der Waals surface area (Å²) in [6.07, 6.45) is 5.52. The zero-order valence-corrected chi connectivity index (χ0v) is 15.3. The summed E-state index contributed by atoms with van der Waals surface area (Å²) in [4.78, 5) is 7.39. The first-order valence-corrected chi connectivity index (χ1v) is 9.54. The van der Waals surface area contributed by atoms with Gasteiger partial charge >= 0.3 is 0 Å². The van der Waals surface area contributed by atoms with E-state index in [-0.39, 0.29) is 0 Å². The van der Waals surface area contributed by atoms with E-state index in [1.165, 1.54) is 25.7 Å². The second kappa shape index (κ2) is 10.1. The van der Waals surface area contributed by atoms with E-state index in [0.717, 1.165) is 57.8 Å². The summed E-state index contributed by atoms with van der Waals surface area (Å²) < 4.78 is 5.48. The normalized spacial score (nSPS) is 21.5. The molecule has 0 bridgehead atoms. The number of morpholine rings is 1. The van der Waals surface area contributed by atoms with Crippen LogP contribution in [-0.2, 0) is 4.74 Å². The van der Waals surface area contributed by atoms with Crippen molar-refractivity contribution in [1.82, 2.24) is 15.5 Å². The monoisotopic (exact) mass is 324 g/mol. The number of aliphatic imine (C=N–C) groups is 1. The molecule has 0 aromatic rings. The molecular formula is C18H36N4O. The maximum absolute atomic E-state index is 5.48. The molecule has 0 radical (unpaired) electrons. The molecular weight excluding hydrogens is 288 g/mol. The van der Waals surface area contributed by atoms with Crippen LogP contribution in [-0.4, -0.2) is 62.8 Å². The van der Waals surface area contributed by atoms with Gasteiger partial charge in [-0.2, -0.15) is 0 Å². The lowest BCUT2D eigenvalue weighted by Crippen LogP contribution is -2.48. The fourth-order valence-corrected chi connectivity index (χ4v) is 3.19. The highest BCUT2D eigenvalue weighted by Crippen LogP contribution is 2.33. The second-order valence-electron chi connectivity index (χ2n) is 7.19. The smallest absolute Gasteiger partial charge is 0.191 e. The highest BCUT2D eigenvalue weighted by Gasteiger charge is 2.23. The Kier molecular flexibility index (Phi) is 8.17. The maximum Gasteiger partial charge on any atom is 0.191 e. The zero-order chi connectivity index (χ0) is 16.5. The lowest BCUT2D eigenvalue weighted by atomic mass is 10.0. The molecule has 1 unspecified atom stereocenters. The molecule has 0 aromatic heterocycles. The molecule has 1 atom stereocenters. The number of guanidine groups is 1. The van der Waals surface area contributed by atoms with Crippen molar-refractivity contribution < 1.29 is 4.74 Å². The molecule has 2 N–H and O–H groups in total. The number of rotatable bonds is 9. The highest BCUT2D eigenvalue weighted by molar-refractivity contribution is 5.79. The van der Waals surface area contributed by atoms with Crippen molar-refractivity contribution in [3.8, 4) is 0 Å². The molecule has 1 saturated carbocycles. The predicted octanol–water partition coefficient (Wildman–Crippen LogP) is 2.09. The molecule has 0 aromatic carbocycles. The number of nitrogens with one attached hydrogen (secondary N) is 2. The van der Waals surface area contributed by atoms with Crippen LogP contribution < -0.4 is 10.6 Å². The van der Waals surface area contributed by atoms with E-state index in [2.05, 4.69) is 36.3 Å². The molecule has 23 heavy (non-hydrogen) atoms. The van der Waals surface area contributed by atoms with Crippen molar-refractivity contribution in [1.29, 1.82) is 0 Å². The van der Waals surface area contributed by atoms with Crippen LogP contribution in [0.2, 0.25) is 0 Å². The van der Waals surface area contributed by atoms with Gasteiger partial charge in [0.15, 0.2) is 5.96 Å². The van der Waals surface area contributed by atoms with E-state index >= 15 is 0 Å². The summed E-state index contributed by atoms with van der Waals surface area (Å²) in [5.74, 6) is 2.60. The van der Waals surface area contributed by atoms with Crippen LogP contribution in [0.15, 0.2) is 4.99 Å². The molecule has 0 amide bonds. The van der Waals surface area contributed by atoms with E-state index in [9.17, 15) is 0 Å². The summed E-state index contributed by atoms with van der Waals surface area (Å²) in [5.41, 5.74) is 0. The van der Waals surface area contributed by atoms with Gasteiger partial charge in [-0.3, -0.25) is 9.89 Å². The van der Waals surface area contributed by atoms with Crippen LogP contribution in [0.3, 0.4) is 0 Å². The first-order valence-electron chi connectivity index (χ1n) is 9.54. The van der Waals surface area contributed by atoms with Gasteiger partial charge in [0.2, 0.25) is 0 Å². The Balaban J connectivity index is 1.79. The van der Waals surface area contributed by atoms with Crippen LogP contribution in [0.25, 0.3) is 0 Å². The zero-order valence-electron chi connectivity index (χ0n) is 15.3. The third-order valence-corrected chi connectivity index (χ3v) is 4.84. The molecule has 134 valence electrons. The standard InChI is InChI=1S/C18H36N4O/c1-4-19-18(20-9-5-6-16-7-8-16)21-14-17(15(2)3)22-10-12-23-13-11-22/h15-17H,4-14H2,1-3H3,(H2,19,20,21). The van der Waals surface area contributed by atoms with Crippen molar-refractivity contribution in [2.24, 2.45) is 16.8 Å². The summed E-state index contributed by atoms with van der Waals surface area (Å²) in [5, 5.41) is 6.88. The molecule has 0 spiro atoms. The molecule has 1 saturated heterocycles. The van der Waals surface area contributed by atoms with E-state index in [1.54, 1.807) is 0 Å². The van der Waals surface area contributed by atoms with E-state index in [0.29, 0.717) is 12.0 Å². The van der Waals surface area contributed by atoms with Gasteiger partial charge < -0.3 is 15.4 Å². The summed E-state index contributed by atoms with van der Waals surface area (Å²) in [7, 11) is 0. The predicted molar refractivity (Wildman–Crippen MR) is 97.0 cm³/mol. The molecule has 2 fully saturated rings. The highest BCUT2D eigenvalue weighted by atomic mass is 16.5. The Hall–Kier alpha value is -0.810. The molecule has 1 aliphatic carbocycles. The molecule has 5 heteroatoms. The second-order valence-corrected chi connectivity index (χ2v) is 7.19. The van der Waals surface area contributed by atoms with Crippen LogP contribution in [0.4, 0.5) is 0 Å². The summed E-state index contributed by atoms with van der Waals surface area (Å²) in [6.45, 7) is 13.3. The molecule has 5 nitrogen and oxygen atoms in total. The van der Waals surface area contributed by atoms with Crippen molar-refractivity contribution in [3.63, 3.8) is 0 Å². The Morgan fingerprint density at radius 3 is 2.57 bits per heavy atom. The van der Waals surface area contributed by atoms with Gasteiger partial charge in [0.05, 0.1) is 19.8 Å². The minimum atomic E-state index is 0.501. The van der Waals surface area contributed by atoms with Gasteiger partial charge in [0.1, 0.15) is 0 Å². The van der Waals surface area contributed by atoms with Crippen molar-refractivity contribution in [2.75, 3.05) is 45.9 Å².